The number of nitrogens with one attached hydrogen (secondary N) is 1. The zero-order valence-corrected chi connectivity index (χ0v) is 16.7. The van der Waals surface area contributed by atoms with E-state index in [1.54, 1.807) is 0 Å². The number of nitrogens with zero attached hydrogens (tertiary/aromatic N) is 1. The molecule has 0 heterocycles. The molecule has 0 aromatic heterocycles. The second kappa shape index (κ2) is 7.80. The summed E-state index contributed by atoms with van der Waals surface area (Å²) in [6, 6.07) is 2.04. The Bertz CT molecular complexity index is 879. The summed E-state index contributed by atoms with van der Waals surface area (Å²) in [4.78, 5) is 34.3. The van der Waals surface area contributed by atoms with Crippen LogP contribution in [0.4, 0.5) is 24.5 Å². The summed E-state index contributed by atoms with van der Waals surface area (Å²) in [5, 5.41) is 12.8. The number of nitro benzene ring substituents is 1. The minimum atomic E-state index is -4.90. The van der Waals surface area contributed by atoms with Crippen LogP contribution < -0.4 is 5.32 Å². The van der Waals surface area contributed by atoms with E-state index >= 15 is 0 Å². The molecule has 1 aromatic rings. The number of benzene rings is 1. The van der Waals surface area contributed by atoms with Gasteiger partial charge in [0.25, 0.3) is 11.6 Å². The van der Waals surface area contributed by atoms with Gasteiger partial charge in [-0.15, -0.1) is 0 Å². The molecule has 31 heavy (non-hydrogen) atoms. The van der Waals surface area contributed by atoms with Crippen molar-refractivity contribution in [1.82, 2.24) is 0 Å². The molecular weight excluding hydrogens is 417 g/mol. The second-order valence-corrected chi connectivity index (χ2v) is 9.29. The summed E-state index contributed by atoms with van der Waals surface area (Å²) < 4.78 is 44.7. The SMILES string of the molecule is O=C(COC(=O)CC12CC3CC(CC(C3)C1)C2)Nc1ccc([N+](=O)[O-])cc1C(F)(F)F. The van der Waals surface area contributed by atoms with E-state index in [-0.39, 0.29) is 11.8 Å². The number of carbonyl (C=O) groups excluding carboxylic acids is 2. The molecule has 0 saturated heterocycles. The van der Waals surface area contributed by atoms with Crippen LogP contribution in [0.25, 0.3) is 0 Å². The fraction of sp³-hybridized carbons (Fsp3) is 0.619. The Labute approximate surface area is 176 Å². The number of amides is 1. The van der Waals surface area contributed by atoms with E-state index in [9.17, 15) is 32.9 Å². The monoisotopic (exact) mass is 440 g/mol. The molecule has 0 aliphatic heterocycles. The van der Waals surface area contributed by atoms with E-state index in [0.717, 1.165) is 31.4 Å². The number of non-ortho nitro benzene ring substituents is 1. The highest BCUT2D eigenvalue weighted by molar-refractivity contribution is 5.93. The Morgan fingerprint density at radius 1 is 1.13 bits per heavy atom. The molecule has 0 unspecified atom stereocenters. The summed E-state index contributed by atoms with van der Waals surface area (Å²) in [6.45, 7) is -0.709. The van der Waals surface area contributed by atoms with Crippen molar-refractivity contribution in [3.63, 3.8) is 0 Å². The van der Waals surface area contributed by atoms with Gasteiger partial charge in [-0.1, -0.05) is 0 Å². The van der Waals surface area contributed by atoms with Crippen LogP contribution in [0.1, 0.15) is 50.5 Å². The number of carbonyl (C=O) groups is 2. The quantitative estimate of drug-likeness (QED) is 0.393. The normalized spacial score (nSPS) is 28.9. The van der Waals surface area contributed by atoms with E-state index in [0.29, 0.717) is 23.8 Å². The van der Waals surface area contributed by atoms with Gasteiger partial charge in [0.2, 0.25) is 0 Å². The fourth-order valence-corrected chi connectivity index (χ4v) is 6.19. The van der Waals surface area contributed by atoms with Crippen LogP contribution in [0.5, 0.6) is 0 Å². The first kappa shape index (κ1) is 21.6. The lowest BCUT2D eigenvalue weighted by molar-refractivity contribution is -0.385. The first-order valence-corrected chi connectivity index (χ1v) is 10.3. The Balaban J connectivity index is 1.34. The van der Waals surface area contributed by atoms with Gasteiger partial charge in [-0.25, -0.2) is 0 Å². The number of rotatable bonds is 6. The number of halogens is 3. The van der Waals surface area contributed by atoms with E-state index in [2.05, 4.69) is 0 Å². The molecule has 5 rings (SSSR count). The first-order valence-electron chi connectivity index (χ1n) is 10.3. The first-order chi connectivity index (χ1) is 14.5. The maximum Gasteiger partial charge on any atom is 0.418 e. The van der Waals surface area contributed by atoms with Gasteiger partial charge in [0.15, 0.2) is 6.61 Å². The van der Waals surface area contributed by atoms with Crippen molar-refractivity contribution in [2.75, 3.05) is 11.9 Å². The van der Waals surface area contributed by atoms with Crippen LogP contribution in [0.3, 0.4) is 0 Å². The third-order valence-corrected chi connectivity index (χ3v) is 6.84. The maximum atomic E-state index is 13.2. The summed E-state index contributed by atoms with van der Waals surface area (Å²) in [6.07, 6.45) is 2.02. The maximum absolute atomic E-state index is 13.2. The van der Waals surface area contributed by atoms with Crippen LogP contribution in [0.2, 0.25) is 0 Å². The van der Waals surface area contributed by atoms with Crippen LogP contribution in [-0.2, 0) is 20.5 Å². The summed E-state index contributed by atoms with van der Waals surface area (Å²) >= 11 is 0. The Hall–Kier alpha value is -2.65. The number of anilines is 1. The molecule has 0 radical (unpaired) electrons. The topological polar surface area (TPSA) is 98.5 Å². The highest BCUT2D eigenvalue weighted by atomic mass is 19.4. The number of esters is 1. The number of hydrogen-bond donors (Lipinski definition) is 1. The lowest BCUT2D eigenvalue weighted by Crippen LogP contribution is -2.47. The molecule has 0 atom stereocenters. The molecule has 10 heteroatoms. The van der Waals surface area contributed by atoms with Crippen LogP contribution in [0.15, 0.2) is 18.2 Å². The Morgan fingerprint density at radius 2 is 1.71 bits per heavy atom. The average Bonchev–Trinajstić information content (AvgIpc) is 2.64. The molecule has 1 amide bonds. The zero-order chi connectivity index (χ0) is 22.4. The second-order valence-electron chi connectivity index (χ2n) is 9.29. The van der Waals surface area contributed by atoms with Crippen LogP contribution in [-0.4, -0.2) is 23.4 Å². The van der Waals surface area contributed by atoms with Crippen molar-refractivity contribution < 1.29 is 32.4 Å². The Kier molecular flexibility index (Phi) is 5.43. The molecule has 168 valence electrons. The largest absolute Gasteiger partial charge is 0.456 e. The van der Waals surface area contributed by atoms with Crippen molar-refractivity contribution in [3.05, 3.63) is 33.9 Å². The molecule has 4 aliphatic carbocycles. The predicted octanol–water partition coefficient (Wildman–Crippen LogP) is 4.70. The minimum Gasteiger partial charge on any atom is -0.456 e. The summed E-state index contributed by atoms with van der Waals surface area (Å²) in [5.41, 5.74) is -2.77. The molecule has 1 N–H and O–H groups in total. The molecule has 4 saturated carbocycles. The van der Waals surface area contributed by atoms with E-state index in [1.807, 2.05) is 5.32 Å². The molecule has 7 nitrogen and oxygen atoms in total. The third kappa shape index (κ3) is 4.67. The molecule has 1 aromatic carbocycles. The van der Waals surface area contributed by atoms with E-state index < -0.39 is 46.5 Å². The van der Waals surface area contributed by atoms with Crippen LogP contribution in [0, 0.1) is 33.3 Å². The minimum absolute atomic E-state index is 0.0653. The van der Waals surface area contributed by atoms with Crippen LogP contribution >= 0.6 is 0 Å². The van der Waals surface area contributed by atoms with Crippen molar-refractivity contribution >= 4 is 23.3 Å². The van der Waals surface area contributed by atoms with Gasteiger partial charge >= 0.3 is 12.1 Å². The predicted molar refractivity (Wildman–Crippen MR) is 103 cm³/mol. The van der Waals surface area contributed by atoms with Crippen molar-refractivity contribution in [2.24, 2.45) is 23.2 Å². The van der Waals surface area contributed by atoms with Gasteiger partial charge in [-0.3, -0.25) is 19.7 Å². The highest BCUT2D eigenvalue weighted by Crippen LogP contribution is 2.61. The third-order valence-electron chi connectivity index (χ3n) is 6.84. The van der Waals surface area contributed by atoms with Crippen molar-refractivity contribution in [2.45, 2.75) is 51.1 Å². The van der Waals surface area contributed by atoms with Crippen molar-refractivity contribution in [1.29, 1.82) is 0 Å². The standard InChI is InChI=1S/C21H23F3N2O5/c22-21(23,24)16-6-15(26(29)30)1-2-17(16)25-18(27)11-31-19(28)10-20-7-12-3-13(8-20)5-14(4-12)9-20/h1-2,6,12-14H,3-5,7-11H2,(H,25,27). The van der Waals surface area contributed by atoms with Gasteiger partial charge < -0.3 is 10.1 Å². The zero-order valence-electron chi connectivity index (χ0n) is 16.7. The van der Waals surface area contributed by atoms with Gasteiger partial charge in [-0.05, 0) is 67.8 Å². The number of alkyl halides is 3. The summed E-state index contributed by atoms with van der Waals surface area (Å²) in [5.74, 6) is 0.524. The van der Waals surface area contributed by atoms with E-state index in [1.165, 1.54) is 19.3 Å². The van der Waals surface area contributed by atoms with Gasteiger partial charge in [-0.2, -0.15) is 13.2 Å². The molecular formula is C21H23F3N2O5. The highest BCUT2D eigenvalue weighted by Gasteiger charge is 2.51. The summed E-state index contributed by atoms with van der Waals surface area (Å²) in [7, 11) is 0. The van der Waals surface area contributed by atoms with Gasteiger partial charge in [0, 0.05) is 12.1 Å². The Morgan fingerprint density at radius 3 is 2.23 bits per heavy atom. The number of hydrogen-bond acceptors (Lipinski definition) is 5. The number of ether oxygens (including phenoxy) is 1. The number of nitro groups is 1. The fourth-order valence-electron chi connectivity index (χ4n) is 6.19. The molecule has 4 fully saturated rings. The van der Waals surface area contributed by atoms with Crippen molar-refractivity contribution in [3.8, 4) is 0 Å². The molecule has 0 spiro atoms. The average molecular weight is 440 g/mol. The lowest BCUT2D eigenvalue weighted by Gasteiger charge is -2.56. The molecule has 4 bridgehead atoms. The van der Waals surface area contributed by atoms with E-state index in [4.69, 9.17) is 4.74 Å². The molecule has 4 aliphatic rings. The van der Waals surface area contributed by atoms with Gasteiger partial charge in [0.1, 0.15) is 0 Å². The smallest absolute Gasteiger partial charge is 0.418 e. The van der Waals surface area contributed by atoms with Gasteiger partial charge in [0.05, 0.1) is 22.6 Å². The lowest BCUT2D eigenvalue weighted by atomic mass is 9.49.